The number of nitrogens with one attached hydrogen (secondary N) is 2. The van der Waals surface area contributed by atoms with E-state index in [4.69, 9.17) is 5.73 Å². The lowest BCUT2D eigenvalue weighted by Gasteiger charge is -2.07. The summed E-state index contributed by atoms with van der Waals surface area (Å²) in [5.41, 5.74) is 7.47. The van der Waals surface area contributed by atoms with Gasteiger partial charge in [0.05, 0.1) is 16.4 Å². The number of nitro groups is 1. The number of sulfonamides is 1. The predicted molar refractivity (Wildman–Crippen MR) is 104 cm³/mol. The topological polar surface area (TPSA) is 140 Å². The van der Waals surface area contributed by atoms with Gasteiger partial charge in [0.1, 0.15) is 0 Å². The third-order valence-electron chi connectivity index (χ3n) is 3.66. The summed E-state index contributed by atoms with van der Waals surface area (Å²) in [6, 6.07) is 12.5. The molecule has 0 radical (unpaired) electrons. The monoisotopic (exact) mass is 391 g/mol. The van der Waals surface area contributed by atoms with Gasteiger partial charge in [-0.25, -0.2) is 13.1 Å². The number of aryl methyl sites for hydroxylation is 1. The van der Waals surface area contributed by atoms with E-state index in [1.807, 2.05) is 24.3 Å². The minimum atomic E-state index is -3.87. The second-order valence-corrected chi connectivity index (χ2v) is 7.36. The van der Waals surface area contributed by atoms with E-state index >= 15 is 0 Å². The van der Waals surface area contributed by atoms with E-state index in [2.05, 4.69) is 22.0 Å². The third kappa shape index (κ3) is 6.04. The van der Waals surface area contributed by atoms with E-state index in [1.165, 1.54) is 23.8 Å². The highest BCUT2D eigenvalue weighted by Gasteiger charge is 2.16. The van der Waals surface area contributed by atoms with Crippen LogP contribution in [0.4, 0.5) is 11.4 Å². The number of nitro benzene ring substituents is 1. The van der Waals surface area contributed by atoms with Gasteiger partial charge in [0.15, 0.2) is 5.96 Å². The number of rotatable bonds is 8. The fourth-order valence-corrected chi connectivity index (χ4v) is 3.28. The highest BCUT2D eigenvalue weighted by molar-refractivity contribution is 7.89. The molecule has 9 nitrogen and oxygen atoms in total. The van der Waals surface area contributed by atoms with E-state index < -0.39 is 14.9 Å². The molecule has 0 unspecified atom stereocenters. The Morgan fingerprint density at radius 1 is 1.22 bits per heavy atom. The van der Waals surface area contributed by atoms with Crippen molar-refractivity contribution in [2.45, 2.75) is 18.2 Å². The predicted octanol–water partition coefficient (Wildman–Crippen LogP) is 1.86. The summed E-state index contributed by atoms with van der Waals surface area (Å²) in [6.07, 6.45) is 0.939. The maximum Gasteiger partial charge on any atom is 0.270 e. The molecule has 10 heteroatoms. The summed E-state index contributed by atoms with van der Waals surface area (Å²) < 4.78 is 26.7. The third-order valence-corrected chi connectivity index (χ3v) is 5.12. The van der Waals surface area contributed by atoms with Crippen molar-refractivity contribution in [1.82, 2.24) is 4.72 Å². The molecule has 0 aliphatic carbocycles. The first-order valence-electron chi connectivity index (χ1n) is 8.22. The first kappa shape index (κ1) is 20.3. The number of aliphatic imine (C=N–C) groups is 1. The van der Waals surface area contributed by atoms with Crippen molar-refractivity contribution in [1.29, 1.82) is 0 Å². The number of hydrogen-bond donors (Lipinski definition) is 3. The number of hydrogen-bond acceptors (Lipinski definition) is 5. The van der Waals surface area contributed by atoms with Crippen molar-refractivity contribution < 1.29 is 13.3 Å². The van der Waals surface area contributed by atoms with Gasteiger partial charge in [0.2, 0.25) is 10.0 Å². The van der Waals surface area contributed by atoms with Crippen molar-refractivity contribution in [2.75, 3.05) is 18.4 Å². The van der Waals surface area contributed by atoms with E-state index in [9.17, 15) is 18.5 Å². The molecule has 0 aliphatic rings. The van der Waals surface area contributed by atoms with Gasteiger partial charge in [-0.1, -0.05) is 25.1 Å². The molecule has 27 heavy (non-hydrogen) atoms. The van der Waals surface area contributed by atoms with Crippen LogP contribution in [-0.2, 0) is 16.4 Å². The smallest absolute Gasteiger partial charge is 0.270 e. The highest BCUT2D eigenvalue weighted by Crippen LogP contribution is 2.16. The normalized spacial score (nSPS) is 12.0. The highest BCUT2D eigenvalue weighted by atomic mass is 32.2. The zero-order chi connectivity index (χ0) is 19.9. The minimum absolute atomic E-state index is 0.00216. The van der Waals surface area contributed by atoms with Crippen LogP contribution in [0.5, 0.6) is 0 Å². The van der Waals surface area contributed by atoms with Crippen LogP contribution in [0.3, 0.4) is 0 Å². The van der Waals surface area contributed by atoms with Gasteiger partial charge < -0.3 is 11.1 Å². The Balaban J connectivity index is 1.89. The van der Waals surface area contributed by atoms with Crippen molar-refractivity contribution in [2.24, 2.45) is 10.7 Å². The Hall–Kier alpha value is -2.98. The van der Waals surface area contributed by atoms with Crippen LogP contribution in [0.25, 0.3) is 0 Å². The zero-order valence-corrected chi connectivity index (χ0v) is 15.6. The Morgan fingerprint density at radius 3 is 2.56 bits per heavy atom. The molecule has 0 bridgehead atoms. The molecule has 0 aromatic heterocycles. The lowest BCUT2D eigenvalue weighted by atomic mass is 10.1. The molecule has 4 N–H and O–H groups in total. The minimum Gasteiger partial charge on any atom is -0.370 e. The molecule has 2 aromatic carbocycles. The number of non-ortho nitro benzene ring substituents is 1. The van der Waals surface area contributed by atoms with Crippen molar-refractivity contribution >= 4 is 27.4 Å². The van der Waals surface area contributed by atoms with Crippen LogP contribution in [0.2, 0.25) is 0 Å². The average molecular weight is 391 g/mol. The SMILES string of the molecule is CCc1ccc(NC(N)=NCCNS(=O)(=O)c2cccc([N+](=O)[O-])c2)cc1. The molecule has 144 valence electrons. The summed E-state index contributed by atoms with van der Waals surface area (Å²) in [4.78, 5) is 14.0. The number of guanidine groups is 1. The van der Waals surface area contributed by atoms with Gasteiger partial charge in [-0.2, -0.15) is 0 Å². The quantitative estimate of drug-likeness (QED) is 0.206. The first-order valence-corrected chi connectivity index (χ1v) is 9.70. The van der Waals surface area contributed by atoms with Crippen molar-refractivity contribution in [3.05, 3.63) is 64.2 Å². The van der Waals surface area contributed by atoms with Gasteiger partial charge in [-0.3, -0.25) is 15.1 Å². The molecule has 2 aromatic rings. The van der Waals surface area contributed by atoms with E-state index in [-0.39, 0.29) is 29.6 Å². The molecule has 0 spiro atoms. The summed E-state index contributed by atoms with van der Waals surface area (Å²) in [7, 11) is -3.87. The zero-order valence-electron chi connectivity index (χ0n) is 14.8. The Morgan fingerprint density at radius 2 is 1.93 bits per heavy atom. The molecule has 0 atom stereocenters. The molecular weight excluding hydrogens is 370 g/mol. The number of nitrogens with two attached hydrogens (primary N) is 1. The van der Waals surface area contributed by atoms with Crippen LogP contribution in [0.1, 0.15) is 12.5 Å². The molecule has 0 saturated heterocycles. The molecular formula is C17H21N5O4S. The lowest BCUT2D eigenvalue weighted by molar-refractivity contribution is -0.385. The van der Waals surface area contributed by atoms with Gasteiger partial charge in [-0.15, -0.1) is 0 Å². The Kier molecular flexibility index (Phi) is 6.85. The van der Waals surface area contributed by atoms with Gasteiger partial charge >= 0.3 is 0 Å². The maximum atomic E-state index is 12.2. The summed E-state index contributed by atoms with van der Waals surface area (Å²) in [6.45, 7) is 2.18. The largest absolute Gasteiger partial charge is 0.370 e. The molecule has 2 rings (SSSR count). The van der Waals surface area contributed by atoms with Crippen LogP contribution < -0.4 is 15.8 Å². The fourth-order valence-electron chi connectivity index (χ4n) is 2.22. The van der Waals surface area contributed by atoms with E-state index in [0.717, 1.165) is 18.2 Å². The van der Waals surface area contributed by atoms with Crippen LogP contribution in [0.15, 0.2) is 58.4 Å². The summed E-state index contributed by atoms with van der Waals surface area (Å²) in [5, 5.41) is 13.7. The van der Waals surface area contributed by atoms with Crippen LogP contribution in [-0.4, -0.2) is 32.4 Å². The second-order valence-electron chi connectivity index (χ2n) is 5.59. The molecule has 0 amide bonds. The van der Waals surface area contributed by atoms with Gasteiger partial charge in [0.25, 0.3) is 5.69 Å². The molecule has 0 saturated carbocycles. The van der Waals surface area contributed by atoms with E-state index in [1.54, 1.807) is 0 Å². The average Bonchev–Trinajstić information content (AvgIpc) is 2.66. The fraction of sp³-hybridized carbons (Fsp3) is 0.235. The van der Waals surface area contributed by atoms with Crippen LogP contribution >= 0.6 is 0 Å². The van der Waals surface area contributed by atoms with Crippen molar-refractivity contribution in [3.63, 3.8) is 0 Å². The van der Waals surface area contributed by atoms with Gasteiger partial charge in [-0.05, 0) is 30.2 Å². The van der Waals surface area contributed by atoms with Crippen LogP contribution in [0, 0.1) is 10.1 Å². The number of anilines is 1. The second kappa shape index (κ2) is 9.10. The molecule has 0 fully saturated rings. The number of nitrogens with zero attached hydrogens (tertiary/aromatic N) is 2. The maximum absolute atomic E-state index is 12.2. The molecule has 0 heterocycles. The standard InChI is InChI=1S/C17H21N5O4S/c1-2-13-6-8-14(9-7-13)21-17(18)19-10-11-20-27(25,26)16-5-3-4-15(12-16)22(23)24/h3-9,12,20H,2,10-11H2,1H3,(H3,18,19,21). The summed E-state index contributed by atoms with van der Waals surface area (Å²) >= 11 is 0. The van der Waals surface area contributed by atoms with Gasteiger partial charge in [0, 0.05) is 24.4 Å². The Bertz CT molecular complexity index is 927. The Labute approximate surface area is 157 Å². The van der Waals surface area contributed by atoms with Crippen molar-refractivity contribution in [3.8, 4) is 0 Å². The summed E-state index contributed by atoms with van der Waals surface area (Å²) in [5.74, 6) is 0.161. The molecule has 0 aliphatic heterocycles. The van der Waals surface area contributed by atoms with E-state index in [0.29, 0.717) is 0 Å². The first-order chi connectivity index (χ1) is 12.8. The number of benzene rings is 2. The lowest BCUT2D eigenvalue weighted by Crippen LogP contribution is -2.28.